The third-order valence-electron chi connectivity index (χ3n) is 4.06. The molecule has 0 aromatic carbocycles. The second kappa shape index (κ2) is 7.16. The molecule has 0 aliphatic rings. The molecule has 0 amide bonds. The van der Waals surface area contributed by atoms with Crippen LogP contribution >= 0.6 is 0 Å². The van der Waals surface area contributed by atoms with E-state index >= 15 is 0 Å². The fourth-order valence-electron chi connectivity index (χ4n) is 2.58. The Morgan fingerprint density at radius 2 is 1.50 bits per heavy atom. The highest BCUT2D eigenvalue weighted by atomic mass is 19.4. The summed E-state index contributed by atoms with van der Waals surface area (Å²) in [6.07, 6.45) is -12.1. The van der Waals surface area contributed by atoms with Gasteiger partial charge in [0.2, 0.25) is 5.82 Å². The summed E-state index contributed by atoms with van der Waals surface area (Å²) in [7, 11) is 0. The molecule has 0 fully saturated rings. The number of pyridine rings is 1. The molecule has 3 heterocycles. The second-order valence-electron chi connectivity index (χ2n) is 6.19. The van der Waals surface area contributed by atoms with Crippen LogP contribution in [0.25, 0.3) is 16.7 Å². The zero-order chi connectivity index (χ0) is 24.3. The van der Waals surface area contributed by atoms with Crippen molar-refractivity contribution in [3.8, 4) is 0 Å². The maximum Gasteiger partial charge on any atom is 0.461 e. The van der Waals surface area contributed by atoms with Gasteiger partial charge in [0.1, 0.15) is 17.0 Å². The summed E-state index contributed by atoms with van der Waals surface area (Å²) in [5, 5.41) is -1.20. The summed E-state index contributed by atoms with van der Waals surface area (Å²) in [4.78, 5) is 20.7. The molecule has 0 bridgehead atoms. The topological polar surface area (TPSA) is 69.4 Å². The maximum atomic E-state index is 14.1. The fourth-order valence-corrected chi connectivity index (χ4v) is 2.58. The van der Waals surface area contributed by atoms with Gasteiger partial charge in [-0.2, -0.15) is 43.9 Å². The van der Waals surface area contributed by atoms with Crippen molar-refractivity contribution in [2.24, 2.45) is 0 Å². The van der Waals surface area contributed by atoms with E-state index in [4.69, 9.17) is 0 Å². The summed E-state index contributed by atoms with van der Waals surface area (Å²) in [5.74, 6) is -15.6. The fraction of sp³-hybridized carbons (Fsp3) is 0.375. The number of alkyl halides is 10. The number of carbonyl (C=O) groups is 1. The van der Waals surface area contributed by atoms with E-state index in [1.807, 2.05) is 0 Å². The Bertz CT molecular complexity index is 1200. The Morgan fingerprint density at radius 3 is 2.03 bits per heavy atom. The zero-order valence-electron chi connectivity index (χ0n) is 15.3. The number of imidazole rings is 1. The molecule has 0 atom stereocenters. The summed E-state index contributed by atoms with van der Waals surface area (Å²) >= 11 is 0. The molecule has 3 aromatic heterocycles. The summed E-state index contributed by atoms with van der Waals surface area (Å²) in [6.45, 7) is 1.27. The summed E-state index contributed by atoms with van der Waals surface area (Å²) in [5.41, 5.74) is -4.55. The SMILES string of the molecule is CCOC(=O)c1cn2c(ccc3c(C(F)(F)C(F)(F)F)nc(C(F)(F)C(F)(F)F)nc32)n1. The Balaban J connectivity index is 2.44. The predicted octanol–water partition coefficient (Wildman–Crippen LogP) is 4.76. The second-order valence-corrected chi connectivity index (χ2v) is 6.19. The van der Waals surface area contributed by atoms with Crippen molar-refractivity contribution in [2.45, 2.75) is 31.1 Å². The van der Waals surface area contributed by atoms with Crippen LogP contribution in [0.4, 0.5) is 43.9 Å². The Morgan fingerprint density at radius 1 is 0.906 bits per heavy atom. The van der Waals surface area contributed by atoms with Crippen LogP contribution in [0, 0.1) is 0 Å². The van der Waals surface area contributed by atoms with Crippen molar-refractivity contribution in [2.75, 3.05) is 6.61 Å². The molecule has 0 radical (unpaired) electrons. The normalized spacial score (nSPS) is 13.7. The van der Waals surface area contributed by atoms with E-state index in [0.29, 0.717) is 16.7 Å². The lowest BCUT2D eigenvalue weighted by molar-refractivity contribution is -0.296. The highest BCUT2D eigenvalue weighted by molar-refractivity contribution is 5.89. The Kier molecular flexibility index (Phi) is 5.25. The average Bonchev–Trinajstić information content (AvgIpc) is 3.10. The van der Waals surface area contributed by atoms with Crippen LogP contribution in [-0.2, 0) is 16.6 Å². The van der Waals surface area contributed by atoms with Gasteiger partial charge in [-0.25, -0.2) is 19.7 Å². The standard InChI is InChI=1S/C16H8F10N4O2/c1-2-32-11(31)7-5-30-8(27-7)4-3-6-9(13(17,18)15(21,22)23)28-12(29-10(6)30)14(19,20)16(24,25)26/h3-5H,2H2,1H3. The molecule has 0 saturated heterocycles. The molecule has 6 nitrogen and oxygen atoms in total. The minimum Gasteiger partial charge on any atom is -0.461 e. The van der Waals surface area contributed by atoms with Gasteiger partial charge in [0.25, 0.3) is 0 Å². The molecular formula is C16H8F10N4O2. The van der Waals surface area contributed by atoms with E-state index in [-0.39, 0.29) is 12.3 Å². The molecular weight excluding hydrogens is 470 g/mol. The van der Waals surface area contributed by atoms with E-state index in [1.165, 1.54) is 6.92 Å². The van der Waals surface area contributed by atoms with Crippen LogP contribution in [0.1, 0.15) is 28.9 Å². The van der Waals surface area contributed by atoms with Crippen LogP contribution < -0.4 is 0 Å². The molecule has 32 heavy (non-hydrogen) atoms. The highest BCUT2D eigenvalue weighted by Gasteiger charge is 2.64. The number of rotatable bonds is 4. The smallest absolute Gasteiger partial charge is 0.461 e. The van der Waals surface area contributed by atoms with Crippen molar-refractivity contribution in [1.82, 2.24) is 19.4 Å². The van der Waals surface area contributed by atoms with Gasteiger partial charge in [-0.15, -0.1) is 0 Å². The van der Waals surface area contributed by atoms with Gasteiger partial charge in [0.05, 0.1) is 6.61 Å². The lowest BCUT2D eigenvalue weighted by Crippen LogP contribution is -2.39. The molecule has 0 unspecified atom stereocenters. The van der Waals surface area contributed by atoms with E-state index in [0.717, 1.165) is 6.07 Å². The number of aromatic nitrogens is 4. The van der Waals surface area contributed by atoms with E-state index in [9.17, 15) is 48.7 Å². The van der Waals surface area contributed by atoms with Crippen molar-refractivity contribution >= 4 is 22.6 Å². The van der Waals surface area contributed by atoms with Crippen molar-refractivity contribution < 1.29 is 53.4 Å². The van der Waals surface area contributed by atoms with Crippen LogP contribution in [0.5, 0.6) is 0 Å². The third kappa shape index (κ3) is 3.56. The quantitative estimate of drug-likeness (QED) is 0.400. The number of nitrogens with zero attached hydrogens (tertiary/aromatic N) is 4. The first-order chi connectivity index (χ1) is 14.5. The van der Waals surface area contributed by atoms with Gasteiger partial charge in [-0.05, 0) is 19.1 Å². The first-order valence-electron chi connectivity index (χ1n) is 8.29. The molecule has 3 rings (SSSR count). The lowest BCUT2D eigenvalue weighted by Gasteiger charge is -2.23. The molecule has 0 spiro atoms. The Hall–Kier alpha value is -3.20. The van der Waals surface area contributed by atoms with Crippen LogP contribution in [-0.4, -0.2) is 44.3 Å². The zero-order valence-corrected chi connectivity index (χ0v) is 15.3. The van der Waals surface area contributed by atoms with Gasteiger partial charge in [-0.3, -0.25) is 4.40 Å². The predicted molar refractivity (Wildman–Crippen MR) is 84.1 cm³/mol. The largest absolute Gasteiger partial charge is 0.461 e. The minimum absolute atomic E-state index is 0.139. The van der Waals surface area contributed by atoms with Gasteiger partial charge >= 0.3 is 30.2 Å². The van der Waals surface area contributed by atoms with E-state index in [2.05, 4.69) is 19.7 Å². The van der Waals surface area contributed by atoms with Crippen LogP contribution in [0.2, 0.25) is 0 Å². The van der Waals surface area contributed by atoms with Gasteiger partial charge in [0.15, 0.2) is 5.69 Å². The molecule has 0 saturated carbocycles. The number of hydrogen-bond acceptors (Lipinski definition) is 5. The first kappa shape index (κ1) is 23.5. The van der Waals surface area contributed by atoms with Crippen molar-refractivity contribution in [1.29, 1.82) is 0 Å². The first-order valence-corrected chi connectivity index (χ1v) is 8.29. The number of fused-ring (bicyclic) bond motifs is 3. The molecule has 174 valence electrons. The van der Waals surface area contributed by atoms with Gasteiger partial charge in [0, 0.05) is 11.6 Å². The van der Waals surface area contributed by atoms with Gasteiger partial charge < -0.3 is 4.74 Å². The highest BCUT2D eigenvalue weighted by Crippen LogP contribution is 2.48. The van der Waals surface area contributed by atoms with Crippen molar-refractivity contribution in [3.05, 3.63) is 35.5 Å². The molecule has 0 N–H and O–H groups in total. The van der Waals surface area contributed by atoms with E-state index < -0.39 is 58.4 Å². The minimum atomic E-state index is -6.41. The number of ether oxygens (including phenoxy) is 1. The van der Waals surface area contributed by atoms with Crippen molar-refractivity contribution in [3.63, 3.8) is 0 Å². The van der Waals surface area contributed by atoms with Gasteiger partial charge in [-0.1, -0.05) is 0 Å². The average molecular weight is 478 g/mol. The lowest BCUT2D eigenvalue weighted by atomic mass is 10.1. The monoisotopic (exact) mass is 478 g/mol. The number of carbonyl (C=O) groups excluding carboxylic acids is 1. The molecule has 16 heteroatoms. The number of halogens is 10. The molecule has 0 aliphatic heterocycles. The summed E-state index contributed by atoms with van der Waals surface area (Å²) in [6, 6.07) is 1.34. The van der Waals surface area contributed by atoms with Crippen LogP contribution in [0.15, 0.2) is 18.3 Å². The number of esters is 1. The molecule has 3 aromatic rings. The Labute approximate surface area is 169 Å². The summed E-state index contributed by atoms with van der Waals surface area (Å²) < 4.78 is 138. The van der Waals surface area contributed by atoms with E-state index in [1.54, 1.807) is 0 Å². The van der Waals surface area contributed by atoms with Crippen LogP contribution in [0.3, 0.4) is 0 Å². The third-order valence-corrected chi connectivity index (χ3v) is 4.06. The maximum absolute atomic E-state index is 14.1. The number of hydrogen-bond donors (Lipinski definition) is 0. The molecule has 0 aliphatic carbocycles.